The van der Waals surface area contributed by atoms with Crippen LogP contribution in [0.1, 0.15) is 52.7 Å². The van der Waals surface area contributed by atoms with Gasteiger partial charge in [-0.25, -0.2) is 22.9 Å². The minimum atomic E-state index is -3.54. The van der Waals surface area contributed by atoms with Crippen molar-refractivity contribution in [1.29, 1.82) is 0 Å². The fourth-order valence-corrected chi connectivity index (χ4v) is 2.87. The number of amides is 2. The van der Waals surface area contributed by atoms with Gasteiger partial charge < -0.3 is 9.47 Å². The Hall–Kier alpha value is -2.29. The molecule has 29 heavy (non-hydrogen) atoms. The molecule has 0 spiro atoms. The molecule has 1 rings (SSSR count). The molecule has 2 amide bonds. The van der Waals surface area contributed by atoms with Gasteiger partial charge in [0.25, 0.3) is 0 Å². The number of sulfonamides is 1. The molecule has 164 valence electrons. The van der Waals surface area contributed by atoms with E-state index < -0.39 is 33.4 Å². The van der Waals surface area contributed by atoms with Crippen molar-refractivity contribution in [3.8, 4) is 0 Å². The van der Waals surface area contributed by atoms with Crippen LogP contribution in [0.25, 0.3) is 0 Å². The molecule has 0 aliphatic heterocycles. The highest BCUT2D eigenvalue weighted by molar-refractivity contribution is 7.92. The van der Waals surface area contributed by atoms with Crippen molar-refractivity contribution in [3.63, 3.8) is 0 Å². The van der Waals surface area contributed by atoms with Crippen LogP contribution in [-0.4, -0.2) is 50.0 Å². The summed E-state index contributed by atoms with van der Waals surface area (Å²) >= 11 is 0. The van der Waals surface area contributed by atoms with Gasteiger partial charge in [0.1, 0.15) is 11.2 Å². The Labute approximate surface area is 173 Å². The summed E-state index contributed by atoms with van der Waals surface area (Å²) in [7, 11) is -2.13. The van der Waals surface area contributed by atoms with Crippen molar-refractivity contribution in [3.05, 3.63) is 29.3 Å². The molecular formula is C20H32N2O6S. The Morgan fingerprint density at radius 1 is 0.966 bits per heavy atom. The van der Waals surface area contributed by atoms with Gasteiger partial charge in [-0.2, -0.15) is 0 Å². The van der Waals surface area contributed by atoms with Gasteiger partial charge in [-0.1, -0.05) is 17.7 Å². The van der Waals surface area contributed by atoms with E-state index >= 15 is 0 Å². The topological polar surface area (TPSA) is 93.2 Å². The average Bonchev–Trinajstić information content (AvgIpc) is 2.47. The van der Waals surface area contributed by atoms with Gasteiger partial charge in [0.15, 0.2) is 0 Å². The zero-order valence-electron chi connectivity index (χ0n) is 18.7. The molecule has 0 unspecified atom stereocenters. The van der Waals surface area contributed by atoms with Crippen LogP contribution in [0.15, 0.2) is 18.2 Å². The van der Waals surface area contributed by atoms with Gasteiger partial charge in [-0.3, -0.25) is 4.31 Å². The predicted molar refractivity (Wildman–Crippen MR) is 112 cm³/mol. The van der Waals surface area contributed by atoms with E-state index in [0.29, 0.717) is 11.3 Å². The number of nitrogens with zero attached hydrogens (tertiary/aromatic N) is 2. The van der Waals surface area contributed by atoms with Crippen LogP contribution in [0.5, 0.6) is 0 Å². The second-order valence-electron chi connectivity index (χ2n) is 8.91. The van der Waals surface area contributed by atoms with Gasteiger partial charge in [0.2, 0.25) is 10.0 Å². The number of carbonyl (C=O) groups is 2. The van der Waals surface area contributed by atoms with Crippen LogP contribution in [-0.2, 0) is 26.0 Å². The standard InChI is InChI=1S/C20H32N2O6S/c1-14-10-11-16(21(8)29(9,25)26)15(12-14)13-22(17(23)27-19(2,3)4)18(24)28-20(5,6)7/h10-12H,13H2,1-9H3. The normalized spacial score (nSPS) is 12.3. The molecule has 1 aromatic rings. The Morgan fingerprint density at radius 2 is 1.41 bits per heavy atom. The number of hydrogen-bond acceptors (Lipinski definition) is 6. The number of hydrogen-bond donors (Lipinski definition) is 0. The van der Waals surface area contributed by atoms with E-state index in [1.54, 1.807) is 59.7 Å². The van der Waals surface area contributed by atoms with E-state index in [1.807, 2.05) is 6.92 Å². The third kappa shape index (κ3) is 7.92. The van der Waals surface area contributed by atoms with Gasteiger partial charge in [-0.15, -0.1) is 0 Å². The first-order chi connectivity index (χ1) is 12.9. The minimum absolute atomic E-state index is 0.208. The van der Waals surface area contributed by atoms with E-state index in [2.05, 4.69) is 0 Å². The number of imide groups is 1. The molecule has 0 N–H and O–H groups in total. The van der Waals surface area contributed by atoms with Crippen LogP contribution in [0.2, 0.25) is 0 Å². The largest absolute Gasteiger partial charge is 0.443 e. The lowest BCUT2D eigenvalue weighted by molar-refractivity contribution is -0.000215. The highest BCUT2D eigenvalue weighted by Crippen LogP contribution is 2.26. The van der Waals surface area contributed by atoms with Crippen LogP contribution in [0, 0.1) is 6.92 Å². The summed E-state index contributed by atoms with van der Waals surface area (Å²) in [6.45, 7) is 11.8. The number of anilines is 1. The molecular weight excluding hydrogens is 396 g/mol. The third-order valence-corrected chi connectivity index (χ3v) is 4.82. The van der Waals surface area contributed by atoms with E-state index in [0.717, 1.165) is 21.0 Å². The van der Waals surface area contributed by atoms with Crippen molar-refractivity contribution in [1.82, 2.24) is 4.90 Å². The van der Waals surface area contributed by atoms with Gasteiger partial charge >= 0.3 is 12.2 Å². The molecule has 8 nitrogen and oxygen atoms in total. The molecule has 0 radical (unpaired) electrons. The predicted octanol–water partition coefficient (Wildman–Crippen LogP) is 4.06. The first-order valence-corrected chi connectivity index (χ1v) is 11.0. The maximum absolute atomic E-state index is 12.7. The highest BCUT2D eigenvalue weighted by atomic mass is 32.2. The molecule has 9 heteroatoms. The summed E-state index contributed by atoms with van der Waals surface area (Å²) in [5, 5.41) is 0. The zero-order chi connectivity index (χ0) is 22.8. The molecule has 0 heterocycles. The van der Waals surface area contributed by atoms with Crippen molar-refractivity contribution < 1.29 is 27.5 Å². The lowest BCUT2D eigenvalue weighted by atomic mass is 10.1. The Morgan fingerprint density at radius 3 is 1.79 bits per heavy atom. The Balaban J connectivity index is 3.40. The monoisotopic (exact) mass is 428 g/mol. The summed E-state index contributed by atoms with van der Waals surface area (Å²) in [5.41, 5.74) is 0.0241. The number of carbonyl (C=O) groups excluding carboxylic acids is 2. The van der Waals surface area contributed by atoms with E-state index in [9.17, 15) is 18.0 Å². The fourth-order valence-electron chi connectivity index (χ4n) is 2.33. The molecule has 0 saturated heterocycles. The zero-order valence-corrected chi connectivity index (χ0v) is 19.5. The summed E-state index contributed by atoms with van der Waals surface area (Å²) < 4.78 is 35.9. The smallest absolute Gasteiger partial charge is 0.420 e. The van der Waals surface area contributed by atoms with Crippen molar-refractivity contribution in [2.24, 2.45) is 0 Å². The SMILES string of the molecule is Cc1ccc(N(C)S(C)(=O)=O)c(CN(C(=O)OC(C)(C)C)C(=O)OC(C)(C)C)c1. The first kappa shape index (κ1) is 24.7. The minimum Gasteiger partial charge on any atom is -0.443 e. The molecule has 0 fully saturated rings. The molecule has 0 aliphatic rings. The van der Waals surface area contributed by atoms with Crippen LogP contribution in [0.4, 0.5) is 15.3 Å². The summed E-state index contributed by atoms with van der Waals surface area (Å²) in [6.07, 6.45) is -0.668. The van der Waals surface area contributed by atoms with Gasteiger partial charge in [0, 0.05) is 7.05 Å². The second kappa shape index (κ2) is 8.61. The summed E-state index contributed by atoms with van der Waals surface area (Å²) in [4.78, 5) is 26.3. The molecule has 0 saturated carbocycles. The lowest BCUT2D eigenvalue weighted by Crippen LogP contribution is -2.43. The lowest BCUT2D eigenvalue weighted by Gasteiger charge is -2.30. The Bertz CT molecular complexity index is 838. The van der Waals surface area contributed by atoms with Crippen molar-refractivity contribution in [2.75, 3.05) is 17.6 Å². The number of aryl methyl sites for hydroxylation is 1. The van der Waals surface area contributed by atoms with E-state index in [4.69, 9.17) is 9.47 Å². The quantitative estimate of drug-likeness (QED) is 0.718. The maximum atomic E-state index is 12.7. The molecule has 0 bridgehead atoms. The van der Waals surface area contributed by atoms with E-state index in [1.165, 1.54) is 7.05 Å². The van der Waals surface area contributed by atoms with E-state index in [-0.39, 0.29) is 6.54 Å². The van der Waals surface area contributed by atoms with Gasteiger partial charge in [0.05, 0.1) is 18.5 Å². The number of rotatable bonds is 4. The van der Waals surface area contributed by atoms with Crippen molar-refractivity contribution >= 4 is 27.9 Å². The molecule has 0 atom stereocenters. The maximum Gasteiger partial charge on any atom is 0.420 e. The van der Waals surface area contributed by atoms with Crippen LogP contribution in [0.3, 0.4) is 0 Å². The summed E-state index contributed by atoms with van der Waals surface area (Å²) in [6, 6.07) is 5.11. The first-order valence-electron chi connectivity index (χ1n) is 9.17. The third-order valence-electron chi connectivity index (χ3n) is 3.63. The molecule has 1 aromatic carbocycles. The fraction of sp³-hybridized carbons (Fsp3) is 0.600. The summed E-state index contributed by atoms with van der Waals surface area (Å²) in [5.74, 6) is 0. The number of benzene rings is 1. The van der Waals surface area contributed by atoms with Gasteiger partial charge in [-0.05, 0) is 60.1 Å². The number of ether oxygens (including phenoxy) is 2. The second-order valence-corrected chi connectivity index (χ2v) is 10.9. The highest BCUT2D eigenvalue weighted by Gasteiger charge is 2.32. The van der Waals surface area contributed by atoms with Crippen LogP contribution < -0.4 is 4.31 Å². The Kier molecular flexibility index (Phi) is 7.34. The average molecular weight is 429 g/mol. The molecule has 0 aliphatic carbocycles. The molecule has 0 aromatic heterocycles. The van der Waals surface area contributed by atoms with Crippen LogP contribution >= 0.6 is 0 Å². The van der Waals surface area contributed by atoms with Crippen molar-refractivity contribution in [2.45, 2.75) is 66.2 Å².